The van der Waals surface area contributed by atoms with Crippen molar-refractivity contribution in [3.05, 3.63) is 64.9 Å². The van der Waals surface area contributed by atoms with Crippen molar-refractivity contribution in [2.75, 3.05) is 13.7 Å². The van der Waals surface area contributed by atoms with Crippen LogP contribution in [-0.4, -0.2) is 25.5 Å². The number of esters is 1. The average Bonchev–Trinajstić information content (AvgIpc) is 3.01. The maximum Gasteiger partial charge on any atom is 0.310 e. The molecular formula is C21H20O5. The zero-order chi connectivity index (χ0) is 18.7. The number of furan rings is 1. The number of hydrogen-bond acceptors (Lipinski definition) is 5. The summed E-state index contributed by atoms with van der Waals surface area (Å²) in [6.07, 6.45) is 1.61. The number of hydrogen-bond donors (Lipinski definition) is 0. The van der Waals surface area contributed by atoms with E-state index in [1.54, 1.807) is 30.5 Å². The molecule has 0 N–H and O–H groups in total. The average molecular weight is 352 g/mol. The first-order valence-corrected chi connectivity index (χ1v) is 8.28. The Morgan fingerprint density at radius 3 is 2.58 bits per heavy atom. The number of para-hydroxylation sites is 1. The number of carbonyl (C=O) groups excluding carboxylic acids is 2. The number of ether oxygens (including phenoxy) is 2. The Hall–Kier alpha value is -3.08. The van der Waals surface area contributed by atoms with Crippen LogP contribution in [0, 0.1) is 13.8 Å². The highest BCUT2D eigenvalue weighted by Gasteiger charge is 2.16. The fourth-order valence-electron chi connectivity index (χ4n) is 2.78. The van der Waals surface area contributed by atoms with E-state index in [4.69, 9.17) is 13.9 Å². The SMILES string of the molecule is COc1ccccc1C(=O)COC(=O)Cc1coc2cc(C)c(C)cc12. The molecule has 0 fully saturated rings. The third kappa shape index (κ3) is 3.61. The molecule has 0 spiro atoms. The predicted octanol–water partition coefficient (Wildman–Crippen LogP) is 4.03. The van der Waals surface area contributed by atoms with Gasteiger partial charge in [0.05, 0.1) is 25.4 Å². The lowest BCUT2D eigenvalue weighted by atomic mass is 10.0. The van der Waals surface area contributed by atoms with Gasteiger partial charge >= 0.3 is 5.97 Å². The number of fused-ring (bicyclic) bond motifs is 1. The highest BCUT2D eigenvalue weighted by atomic mass is 16.5. The van der Waals surface area contributed by atoms with E-state index < -0.39 is 5.97 Å². The summed E-state index contributed by atoms with van der Waals surface area (Å²) in [5.74, 6) is -0.325. The van der Waals surface area contributed by atoms with Crippen LogP contribution in [0.25, 0.3) is 11.0 Å². The molecule has 0 saturated heterocycles. The molecule has 3 rings (SSSR count). The summed E-state index contributed by atoms with van der Waals surface area (Å²) in [5.41, 5.74) is 4.13. The second kappa shape index (κ2) is 7.44. The van der Waals surface area contributed by atoms with Crippen molar-refractivity contribution < 1.29 is 23.5 Å². The van der Waals surface area contributed by atoms with Gasteiger partial charge in [0.1, 0.15) is 11.3 Å². The van der Waals surface area contributed by atoms with Gasteiger partial charge in [-0.2, -0.15) is 0 Å². The number of methoxy groups -OCH3 is 1. The second-order valence-electron chi connectivity index (χ2n) is 6.15. The second-order valence-corrected chi connectivity index (χ2v) is 6.15. The van der Waals surface area contributed by atoms with E-state index in [1.165, 1.54) is 7.11 Å². The summed E-state index contributed by atoms with van der Waals surface area (Å²) in [5, 5.41) is 0.890. The van der Waals surface area contributed by atoms with Gasteiger partial charge in [0.2, 0.25) is 5.78 Å². The van der Waals surface area contributed by atoms with Gasteiger partial charge in [-0.25, -0.2) is 0 Å². The van der Waals surface area contributed by atoms with Gasteiger partial charge in [-0.3, -0.25) is 9.59 Å². The molecule has 0 saturated carbocycles. The molecule has 1 aromatic heterocycles. The van der Waals surface area contributed by atoms with E-state index in [0.29, 0.717) is 11.3 Å². The van der Waals surface area contributed by atoms with Gasteiger partial charge in [0.15, 0.2) is 6.61 Å². The van der Waals surface area contributed by atoms with Gasteiger partial charge in [-0.1, -0.05) is 12.1 Å². The van der Waals surface area contributed by atoms with Crippen LogP contribution >= 0.6 is 0 Å². The molecule has 0 radical (unpaired) electrons. The molecule has 0 bridgehead atoms. The number of aryl methyl sites for hydroxylation is 2. The third-order valence-electron chi connectivity index (χ3n) is 4.38. The molecule has 1 heterocycles. The first-order chi connectivity index (χ1) is 12.5. The minimum absolute atomic E-state index is 0.0503. The zero-order valence-corrected chi connectivity index (χ0v) is 15.0. The van der Waals surface area contributed by atoms with E-state index in [1.807, 2.05) is 26.0 Å². The standard InChI is InChI=1S/C21H20O5/c1-13-8-17-15(11-25-20(17)9-14(13)2)10-21(23)26-12-18(22)16-6-4-5-7-19(16)24-3/h4-9,11H,10,12H2,1-3H3. The Morgan fingerprint density at radius 2 is 1.81 bits per heavy atom. The molecule has 2 aromatic carbocycles. The number of carbonyl (C=O) groups is 2. The fraction of sp³-hybridized carbons (Fsp3) is 0.238. The van der Waals surface area contributed by atoms with Crippen LogP contribution in [0.5, 0.6) is 5.75 Å². The van der Waals surface area contributed by atoms with Crippen LogP contribution in [-0.2, 0) is 16.0 Å². The molecule has 26 heavy (non-hydrogen) atoms. The van der Waals surface area contributed by atoms with Crippen molar-refractivity contribution in [3.63, 3.8) is 0 Å². The van der Waals surface area contributed by atoms with Crippen LogP contribution in [0.1, 0.15) is 27.0 Å². The Bertz CT molecular complexity index is 968. The molecular weight excluding hydrogens is 332 g/mol. The number of rotatable bonds is 6. The van der Waals surface area contributed by atoms with E-state index >= 15 is 0 Å². The van der Waals surface area contributed by atoms with Crippen molar-refractivity contribution in [1.82, 2.24) is 0 Å². The lowest BCUT2D eigenvalue weighted by Crippen LogP contribution is -2.16. The summed E-state index contributed by atoms with van der Waals surface area (Å²) >= 11 is 0. The molecule has 3 aromatic rings. The van der Waals surface area contributed by atoms with Crippen LogP contribution in [0.3, 0.4) is 0 Å². The first kappa shape index (κ1) is 17.7. The Kier molecular flexibility index (Phi) is 5.07. The summed E-state index contributed by atoms with van der Waals surface area (Å²) in [4.78, 5) is 24.4. The summed E-state index contributed by atoms with van der Waals surface area (Å²) in [7, 11) is 1.49. The third-order valence-corrected chi connectivity index (χ3v) is 4.38. The first-order valence-electron chi connectivity index (χ1n) is 8.28. The maximum absolute atomic E-state index is 12.3. The van der Waals surface area contributed by atoms with Crippen LogP contribution in [0.4, 0.5) is 0 Å². The molecule has 134 valence electrons. The normalized spacial score (nSPS) is 10.7. The smallest absolute Gasteiger partial charge is 0.310 e. The Morgan fingerprint density at radius 1 is 1.08 bits per heavy atom. The van der Waals surface area contributed by atoms with Crippen molar-refractivity contribution in [2.45, 2.75) is 20.3 Å². The van der Waals surface area contributed by atoms with Crippen molar-refractivity contribution in [3.8, 4) is 5.75 Å². The number of Topliss-reactive ketones (excluding diaryl/α,β-unsaturated/α-hetero) is 1. The lowest BCUT2D eigenvalue weighted by molar-refractivity contribution is -0.141. The van der Waals surface area contributed by atoms with Gasteiger partial charge in [-0.15, -0.1) is 0 Å². The van der Waals surface area contributed by atoms with Crippen molar-refractivity contribution in [2.24, 2.45) is 0 Å². The molecule has 0 amide bonds. The van der Waals surface area contributed by atoms with Crippen molar-refractivity contribution >= 4 is 22.7 Å². The summed E-state index contributed by atoms with van der Waals surface area (Å²) in [6, 6.07) is 10.8. The van der Waals surface area contributed by atoms with Crippen LogP contribution < -0.4 is 4.74 Å². The number of benzene rings is 2. The quantitative estimate of drug-likeness (QED) is 0.495. The maximum atomic E-state index is 12.3. The molecule has 0 atom stereocenters. The monoisotopic (exact) mass is 352 g/mol. The number of ketones is 1. The molecule has 0 unspecified atom stereocenters. The Balaban J connectivity index is 1.66. The molecule has 0 aliphatic carbocycles. The highest BCUT2D eigenvalue weighted by molar-refractivity contribution is 6.00. The van der Waals surface area contributed by atoms with Crippen LogP contribution in [0.2, 0.25) is 0 Å². The van der Waals surface area contributed by atoms with Gasteiger partial charge in [0.25, 0.3) is 0 Å². The lowest BCUT2D eigenvalue weighted by Gasteiger charge is -2.08. The molecule has 0 aliphatic heterocycles. The molecule has 5 heteroatoms. The van der Waals surface area contributed by atoms with Gasteiger partial charge < -0.3 is 13.9 Å². The van der Waals surface area contributed by atoms with Gasteiger partial charge in [-0.05, 0) is 49.2 Å². The predicted molar refractivity (Wildman–Crippen MR) is 97.7 cm³/mol. The van der Waals surface area contributed by atoms with E-state index in [-0.39, 0.29) is 18.8 Å². The minimum atomic E-state index is -0.478. The van der Waals surface area contributed by atoms with Crippen molar-refractivity contribution in [1.29, 1.82) is 0 Å². The Labute approximate surface area is 151 Å². The highest BCUT2D eigenvalue weighted by Crippen LogP contribution is 2.25. The topological polar surface area (TPSA) is 65.7 Å². The summed E-state index contributed by atoms with van der Waals surface area (Å²) in [6.45, 7) is 3.69. The summed E-state index contributed by atoms with van der Waals surface area (Å²) < 4.78 is 15.8. The molecule has 5 nitrogen and oxygen atoms in total. The minimum Gasteiger partial charge on any atom is -0.496 e. The zero-order valence-electron chi connectivity index (χ0n) is 15.0. The largest absolute Gasteiger partial charge is 0.496 e. The van der Waals surface area contributed by atoms with Gasteiger partial charge in [0, 0.05) is 10.9 Å². The molecule has 0 aliphatic rings. The van der Waals surface area contributed by atoms with E-state index in [9.17, 15) is 9.59 Å². The van der Waals surface area contributed by atoms with Crippen LogP contribution in [0.15, 0.2) is 47.1 Å². The van der Waals surface area contributed by atoms with E-state index in [2.05, 4.69) is 0 Å². The fourth-order valence-corrected chi connectivity index (χ4v) is 2.78. The van der Waals surface area contributed by atoms with E-state index in [0.717, 1.165) is 27.7 Å².